The molecule has 48 heavy (non-hydrogen) atoms. The third-order valence-corrected chi connectivity index (χ3v) is 11.2. The summed E-state index contributed by atoms with van der Waals surface area (Å²) in [6, 6.07) is 16.4. The van der Waals surface area contributed by atoms with Crippen LogP contribution in [0.4, 0.5) is 0 Å². The molecule has 8 rings (SSSR count). The van der Waals surface area contributed by atoms with E-state index < -0.39 is 0 Å². The van der Waals surface area contributed by atoms with Crippen LogP contribution in [-0.4, -0.2) is 82.8 Å². The number of aromatic nitrogens is 2. The first kappa shape index (κ1) is 31.5. The van der Waals surface area contributed by atoms with Gasteiger partial charge in [-0.2, -0.15) is 0 Å². The van der Waals surface area contributed by atoms with Crippen molar-refractivity contribution < 1.29 is 19.4 Å². The van der Waals surface area contributed by atoms with Gasteiger partial charge < -0.3 is 19.9 Å². The maximum absolute atomic E-state index is 11.7. The summed E-state index contributed by atoms with van der Waals surface area (Å²) < 4.78 is 11.6. The molecule has 3 fully saturated rings. The second-order valence-corrected chi connectivity index (χ2v) is 14.2. The Morgan fingerprint density at radius 1 is 0.979 bits per heavy atom. The average molecular weight is 687 g/mol. The Balaban J connectivity index is 1.07. The second-order valence-electron chi connectivity index (χ2n) is 13.4. The van der Waals surface area contributed by atoms with Crippen LogP contribution in [0.1, 0.15) is 42.1 Å². The minimum Gasteiger partial charge on any atom is -0.496 e. The molecule has 9 nitrogen and oxygen atoms in total. The predicted molar refractivity (Wildman–Crippen MR) is 185 cm³/mol. The number of hydrogen-bond donors (Lipinski definition) is 2. The summed E-state index contributed by atoms with van der Waals surface area (Å²) >= 11 is 14.3. The molecule has 248 valence electrons. The van der Waals surface area contributed by atoms with E-state index in [9.17, 15) is 9.90 Å². The monoisotopic (exact) mass is 685 g/mol. The van der Waals surface area contributed by atoms with E-state index in [4.69, 9.17) is 42.6 Å². The van der Waals surface area contributed by atoms with Gasteiger partial charge in [-0.25, -0.2) is 4.98 Å². The summed E-state index contributed by atoms with van der Waals surface area (Å²) in [5.74, 6) is 1.43. The van der Waals surface area contributed by atoms with Crippen molar-refractivity contribution in [2.75, 3.05) is 40.4 Å². The van der Waals surface area contributed by atoms with Crippen molar-refractivity contribution in [2.24, 2.45) is 0 Å². The number of methoxy groups -OCH3 is 2. The van der Waals surface area contributed by atoms with Gasteiger partial charge in [0.2, 0.25) is 11.8 Å². The van der Waals surface area contributed by atoms with Gasteiger partial charge in [-0.05, 0) is 36.5 Å². The molecule has 0 saturated carbocycles. The quantitative estimate of drug-likeness (QED) is 0.236. The summed E-state index contributed by atoms with van der Waals surface area (Å²) in [5.41, 5.74) is 7.94. The fourth-order valence-corrected chi connectivity index (χ4v) is 8.64. The molecule has 1 aromatic heterocycles. The number of aliphatic hydroxyl groups is 1. The molecule has 11 heteroatoms. The second kappa shape index (κ2) is 12.3. The number of nitrogens with one attached hydrogen (secondary N) is 1. The number of fused-ring (bicyclic) bond motifs is 1. The number of carbonyl (C=O) groups is 1. The SMILES string of the molecule is COc1cc(-c2cccc(-c3cccc(-c4cnc(CN5CC6(CCC(=O)N6)C5)c(OC)n4)c3Cl)c2Cl)cc2c1[C@H](N1CC(O)C1)CC2. The Morgan fingerprint density at radius 2 is 1.69 bits per heavy atom. The van der Waals surface area contributed by atoms with E-state index in [1.165, 1.54) is 11.1 Å². The first-order valence-corrected chi connectivity index (χ1v) is 17.2. The Morgan fingerprint density at radius 3 is 2.35 bits per heavy atom. The summed E-state index contributed by atoms with van der Waals surface area (Å²) in [6.07, 6.45) is 4.91. The van der Waals surface area contributed by atoms with E-state index in [1.54, 1.807) is 20.4 Å². The van der Waals surface area contributed by atoms with Gasteiger partial charge in [0.1, 0.15) is 11.4 Å². The molecule has 0 bridgehead atoms. The number of nitrogens with zero attached hydrogens (tertiary/aromatic N) is 4. The zero-order valence-corrected chi connectivity index (χ0v) is 28.4. The van der Waals surface area contributed by atoms with Crippen LogP contribution in [0, 0.1) is 0 Å². The number of rotatable bonds is 8. The summed E-state index contributed by atoms with van der Waals surface area (Å²) in [7, 11) is 3.31. The highest BCUT2D eigenvalue weighted by Crippen LogP contribution is 2.48. The molecule has 4 aliphatic rings. The molecule has 1 amide bonds. The lowest BCUT2D eigenvalue weighted by Gasteiger charge is -2.47. The van der Waals surface area contributed by atoms with Gasteiger partial charge in [-0.1, -0.05) is 65.7 Å². The fourth-order valence-electron chi connectivity index (χ4n) is 7.98. The summed E-state index contributed by atoms with van der Waals surface area (Å²) in [4.78, 5) is 25.9. The summed E-state index contributed by atoms with van der Waals surface area (Å²) in [6.45, 7) is 3.57. The smallest absolute Gasteiger partial charge is 0.237 e. The number of β-amino-alcohol motifs (C(OH)–C–C–N with tert-alkyl or cyclic N) is 1. The zero-order valence-electron chi connectivity index (χ0n) is 26.9. The number of benzene rings is 3. The summed E-state index contributed by atoms with van der Waals surface area (Å²) in [5, 5.41) is 14.1. The van der Waals surface area contributed by atoms with Crippen LogP contribution in [-0.2, 0) is 17.8 Å². The predicted octanol–water partition coefficient (Wildman–Crippen LogP) is 5.93. The van der Waals surface area contributed by atoms with Crippen LogP contribution in [0.2, 0.25) is 10.0 Å². The largest absolute Gasteiger partial charge is 0.496 e. The molecule has 4 aromatic rings. The molecule has 3 aromatic carbocycles. The third kappa shape index (κ3) is 5.42. The Bertz CT molecular complexity index is 1920. The maximum atomic E-state index is 11.7. The van der Waals surface area contributed by atoms with Gasteiger partial charge in [-0.15, -0.1) is 0 Å². The third-order valence-electron chi connectivity index (χ3n) is 10.3. The minimum absolute atomic E-state index is 0.0982. The number of carbonyl (C=O) groups excluding carboxylic acids is 1. The van der Waals surface area contributed by atoms with Crippen molar-refractivity contribution in [2.45, 2.75) is 49.9 Å². The van der Waals surface area contributed by atoms with Gasteiger partial charge in [0, 0.05) is 73.0 Å². The number of likely N-dealkylation sites (tertiary alicyclic amines) is 2. The van der Waals surface area contributed by atoms with Gasteiger partial charge in [0.25, 0.3) is 0 Å². The molecular formula is C37H37Cl2N5O4. The van der Waals surface area contributed by atoms with Crippen molar-refractivity contribution in [1.29, 1.82) is 0 Å². The van der Waals surface area contributed by atoms with Crippen LogP contribution in [0.25, 0.3) is 33.5 Å². The molecule has 1 spiro atoms. The minimum atomic E-state index is -0.244. The molecule has 2 N–H and O–H groups in total. The van der Waals surface area contributed by atoms with E-state index >= 15 is 0 Å². The zero-order chi connectivity index (χ0) is 33.2. The van der Waals surface area contributed by atoms with Crippen LogP contribution in [0.3, 0.4) is 0 Å². The lowest BCUT2D eigenvalue weighted by atomic mass is 9.88. The van der Waals surface area contributed by atoms with Crippen molar-refractivity contribution in [3.63, 3.8) is 0 Å². The van der Waals surface area contributed by atoms with Crippen LogP contribution in [0.5, 0.6) is 11.6 Å². The molecule has 0 radical (unpaired) electrons. The van der Waals surface area contributed by atoms with Gasteiger partial charge >= 0.3 is 0 Å². The highest BCUT2D eigenvalue weighted by molar-refractivity contribution is 6.39. The van der Waals surface area contributed by atoms with Gasteiger partial charge in [0.15, 0.2) is 0 Å². The lowest BCUT2D eigenvalue weighted by molar-refractivity contribution is -0.120. The number of halogens is 2. The molecule has 1 atom stereocenters. The Hall–Kier alpha value is -3.73. The van der Waals surface area contributed by atoms with E-state index in [0.29, 0.717) is 47.7 Å². The molecule has 3 aliphatic heterocycles. The first-order chi connectivity index (χ1) is 23.3. The molecule has 3 saturated heterocycles. The number of aliphatic hydroxyl groups excluding tert-OH is 1. The molecule has 4 heterocycles. The Kier molecular flexibility index (Phi) is 8.08. The fraction of sp³-hybridized carbons (Fsp3) is 0.378. The Labute approximate surface area is 289 Å². The average Bonchev–Trinajstić information content (AvgIpc) is 3.67. The number of ether oxygens (including phenoxy) is 2. The number of aryl methyl sites for hydroxylation is 1. The lowest BCUT2D eigenvalue weighted by Crippen LogP contribution is -2.66. The standard InChI is InChI=1S/C37H37Cl2N5O4/c1-47-31-14-22(13-21-9-10-30(33(21)31)44-16-23(45)17-44)24-5-3-6-25(34(24)38)26-7-4-8-27(35(26)39)28-15-40-29(36(41-28)48-2)18-43-19-37(20-43)12-11-32(46)42-37/h3-8,13-15,23,30,45H,9-12,16-20H2,1-2H3,(H,42,46)/t30-/m1/s1. The highest BCUT2D eigenvalue weighted by atomic mass is 35.5. The molecular weight excluding hydrogens is 649 g/mol. The van der Waals surface area contributed by atoms with E-state index in [1.807, 2.05) is 36.4 Å². The van der Waals surface area contributed by atoms with E-state index in [0.717, 1.165) is 71.6 Å². The highest BCUT2D eigenvalue weighted by Gasteiger charge is 2.47. The number of hydrogen-bond acceptors (Lipinski definition) is 8. The van der Waals surface area contributed by atoms with Crippen LogP contribution in [0.15, 0.2) is 54.7 Å². The van der Waals surface area contributed by atoms with Gasteiger partial charge in [0.05, 0.1) is 47.8 Å². The van der Waals surface area contributed by atoms with Gasteiger partial charge in [-0.3, -0.25) is 19.6 Å². The van der Waals surface area contributed by atoms with Crippen LogP contribution >= 0.6 is 23.2 Å². The van der Waals surface area contributed by atoms with E-state index in [-0.39, 0.29) is 23.6 Å². The van der Waals surface area contributed by atoms with Crippen molar-refractivity contribution in [1.82, 2.24) is 25.1 Å². The van der Waals surface area contributed by atoms with Crippen LogP contribution < -0.4 is 14.8 Å². The van der Waals surface area contributed by atoms with Crippen molar-refractivity contribution in [3.8, 4) is 45.1 Å². The molecule has 1 aliphatic carbocycles. The first-order valence-electron chi connectivity index (χ1n) is 16.4. The topological polar surface area (TPSA) is 100 Å². The van der Waals surface area contributed by atoms with Crippen molar-refractivity contribution >= 4 is 29.1 Å². The van der Waals surface area contributed by atoms with Crippen molar-refractivity contribution in [3.05, 3.63) is 81.6 Å². The molecule has 0 unspecified atom stereocenters. The van der Waals surface area contributed by atoms with E-state index in [2.05, 4.69) is 27.2 Å². The number of amides is 1. The normalized spacial score (nSPS) is 20.4. The maximum Gasteiger partial charge on any atom is 0.237 e.